The van der Waals surface area contributed by atoms with Crippen LogP contribution in [0.1, 0.15) is 0 Å². The van der Waals surface area contributed by atoms with Crippen LogP contribution in [-0.2, 0) is 16.1 Å². The number of aryl methyl sites for hydroxylation is 1. The van der Waals surface area contributed by atoms with Gasteiger partial charge in [0.15, 0.2) is 0 Å². The van der Waals surface area contributed by atoms with Crippen LogP contribution in [0.4, 0.5) is 5.69 Å². The van der Waals surface area contributed by atoms with Crippen molar-refractivity contribution in [1.29, 1.82) is 0 Å². The summed E-state index contributed by atoms with van der Waals surface area (Å²) >= 11 is 0. The maximum Gasteiger partial charge on any atom is 0.327 e. The largest absolute Gasteiger partial charge is 0.327 e. The molecule has 1 rings (SSSR count). The molecule has 0 unspecified atom stereocenters. The van der Waals surface area contributed by atoms with Gasteiger partial charge in [-0.1, -0.05) is 0 Å². The van der Waals surface area contributed by atoms with Crippen molar-refractivity contribution in [2.24, 2.45) is 7.05 Å². The fourth-order valence-electron chi connectivity index (χ4n) is 0.754. The van der Waals surface area contributed by atoms with Gasteiger partial charge in [0.25, 0.3) is 14.1 Å². The van der Waals surface area contributed by atoms with Gasteiger partial charge in [-0.15, -0.1) is 0 Å². The van der Waals surface area contributed by atoms with E-state index in [1.54, 1.807) is 0 Å². The number of nitrogens with zero attached hydrogens (tertiary/aromatic N) is 3. The summed E-state index contributed by atoms with van der Waals surface area (Å²) in [6.45, 7) is 0. The SMILES string of the molecule is Cn1cc([N+](=O)[O-])c(S(=O)(=O)Cl)n1. The molecule has 0 aromatic carbocycles. The molecule has 0 saturated heterocycles. The molecule has 1 aromatic heterocycles. The topological polar surface area (TPSA) is 95.1 Å². The summed E-state index contributed by atoms with van der Waals surface area (Å²) in [7, 11) is 2.11. The molecule has 9 heteroatoms. The van der Waals surface area contributed by atoms with Crippen molar-refractivity contribution in [2.45, 2.75) is 5.03 Å². The van der Waals surface area contributed by atoms with Gasteiger partial charge in [0, 0.05) is 17.7 Å². The second kappa shape index (κ2) is 2.96. The molecular formula is C4H4ClN3O4S. The Morgan fingerprint density at radius 1 is 1.69 bits per heavy atom. The number of rotatable bonds is 2. The van der Waals surface area contributed by atoms with Crippen LogP contribution in [0.5, 0.6) is 0 Å². The smallest absolute Gasteiger partial charge is 0.267 e. The third kappa shape index (κ3) is 1.95. The Hall–Kier alpha value is -1.15. The van der Waals surface area contributed by atoms with Crippen molar-refractivity contribution in [3.05, 3.63) is 16.3 Å². The maximum absolute atomic E-state index is 10.8. The average molecular weight is 226 g/mol. The number of hydrogen-bond acceptors (Lipinski definition) is 5. The molecular weight excluding hydrogens is 222 g/mol. The second-order valence-electron chi connectivity index (χ2n) is 2.19. The molecule has 0 aliphatic rings. The Kier molecular flexibility index (Phi) is 2.26. The summed E-state index contributed by atoms with van der Waals surface area (Å²) in [6, 6.07) is 0. The molecule has 0 bridgehead atoms. The van der Waals surface area contributed by atoms with Gasteiger partial charge < -0.3 is 0 Å². The molecule has 0 fully saturated rings. The van der Waals surface area contributed by atoms with Crippen molar-refractivity contribution >= 4 is 25.4 Å². The monoisotopic (exact) mass is 225 g/mol. The minimum atomic E-state index is -4.16. The van der Waals surface area contributed by atoms with Crippen molar-refractivity contribution < 1.29 is 13.3 Å². The average Bonchev–Trinajstić information content (AvgIpc) is 2.29. The number of halogens is 1. The van der Waals surface area contributed by atoms with Crippen molar-refractivity contribution in [1.82, 2.24) is 9.78 Å². The van der Waals surface area contributed by atoms with Gasteiger partial charge in [0.1, 0.15) is 6.20 Å². The number of nitro groups is 1. The first-order chi connectivity index (χ1) is 5.82. The van der Waals surface area contributed by atoms with Gasteiger partial charge in [0.05, 0.1) is 4.92 Å². The Morgan fingerprint density at radius 2 is 2.23 bits per heavy atom. The van der Waals surface area contributed by atoms with E-state index < -0.39 is 24.7 Å². The van der Waals surface area contributed by atoms with Crippen LogP contribution in [-0.4, -0.2) is 23.1 Å². The first-order valence-corrected chi connectivity index (χ1v) is 5.26. The highest BCUT2D eigenvalue weighted by Gasteiger charge is 2.28. The number of hydrogen-bond donors (Lipinski definition) is 0. The fourth-order valence-corrected chi connectivity index (χ4v) is 1.69. The van der Waals surface area contributed by atoms with E-state index in [-0.39, 0.29) is 0 Å². The molecule has 0 radical (unpaired) electrons. The van der Waals surface area contributed by atoms with E-state index in [1.807, 2.05) is 0 Å². The Balaban J connectivity index is 3.46. The summed E-state index contributed by atoms with van der Waals surface area (Å²) < 4.78 is 22.5. The molecule has 7 nitrogen and oxygen atoms in total. The lowest BCUT2D eigenvalue weighted by molar-refractivity contribution is -0.387. The summed E-state index contributed by atoms with van der Waals surface area (Å²) in [5, 5.41) is 12.9. The summed E-state index contributed by atoms with van der Waals surface area (Å²) in [5.74, 6) is 0. The zero-order valence-electron chi connectivity index (χ0n) is 6.34. The van der Waals surface area contributed by atoms with E-state index in [4.69, 9.17) is 10.7 Å². The lowest BCUT2D eigenvalue weighted by Crippen LogP contribution is -1.97. The molecule has 0 amide bonds. The van der Waals surface area contributed by atoms with Gasteiger partial charge in [-0.2, -0.15) is 5.10 Å². The molecule has 72 valence electrons. The zero-order chi connectivity index (χ0) is 10.2. The van der Waals surface area contributed by atoms with Gasteiger partial charge in [0.2, 0.25) is 0 Å². The van der Waals surface area contributed by atoms with Crippen LogP contribution >= 0.6 is 10.7 Å². The van der Waals surface area contributed by atoms with Crippen LogP contribution in [0.15, 0.2) is 11.2 Å². The highest BCUT2D eigenvalue weighted by atomic mass is 35.7. The highest BCUT2D eigenvalue weighted by Crippen LogP contribution is 2.24. The van der Waals surface area contributed by atoms with E-state index in [0.717, 1.165) is 10.9 Å². The van der Waals surface area contributed by atoms with E-state index in [2.05, 4.69) is 5.10 Å². The Labute approximate surface area is 77.5 Å². The molecule has 0 spiro atoms. The molecule has 0 aliphatic carbocycles. The Morgan fingerprint density at radius 3 is 2.54 bits per heavy atom. The van der Waals surface area contributed by atoms with Crippen LogP contribution < -0.4 is 0 Å². The summed E-state index contributed by atoms with van der Waals surface area (Å²) in [5.41, 5.74) is -0.627. The van der Waals surface area contributed by atoms with Gasteiger partial charge >= 0.3 is 5.69 Å². The van der Waals surface area contributed by atoms with Crippen molar-refractivity contribution in [2.75, 3.05) is 0 Å². The third-order valence-electron chi connectivity index (χ3n) is 1.20. The third-order valence-corrected chi connectivity index (χ3v) is 2.40. The molecule has 0 atom stereocenters. The molecule has 1 heterocycles. The van der Waals surface area contributed by atoms with E-state index in [9.17, 15) is 18.5 Å². The molecule has 1 aromatic rings. The van der Waals surface area contributed by atoms with Crippen LogP contribution in [0.25, 0.3) is 0 Å². The Bertz CT molecular complexity index is 450. The van der Waals surface area contributed by atoms with Crippen LogP contribution in [0, 0.1) is 10.1 Å². The summed E-state index contributed by atoms with van der Waals surface area (Å²) in [6.07, 6.45) is 0.968. The normalized spacial score (nSPS) is 11.5. The highest BCUT2D eigenvalue weighted by molar-refractivity contribution is 8.13. The van der Waals surface area contributed by atoms with Crippen molar-refractivity contribution in [3.63, 3.8) is 0 Å². The van der Waals surface area contributed by atoms with Gasteiger partial charge in [-0.05, 0) is 0 Å². The van der Waals surface area contributed by atoms with Crippen LogP contribution in [0.2, 0.25) is 0 Å². The predicted octanol–water partition coefficient (Wildman–Crippen LogP) is 0.256. The quantitative estimate of drug-likeness (QED) is 0.409. The minimum Gasteiger partial charge on any atom is -0.267 e. The van der Waals surface area contributed by atoms with E-state index in [0.29, 0.717) is 0 Å². The zero-order valence-corrected chi connectivity index (χ0v) is 7.91. The second-order valence-corrected chi connectivity index (χ2v) is 4.67. The molecule has 0 aliphatic heterocycles. The molecule has 13 heavy (non-hydrogen) atoms. The number of aromatic nitrogens is 2. The first kappa shape index (κ1) is 9.93. The van der Waals surface area contributed by atoms with Gasteiger partial charge in [-0.25, -0.2) is 8.42 Å². The van der Waals surface area contributed by atoms with E-state index >= 15 is 0 Å². The van der Waals surface area contributed by atoms with Crippen molar-refractivity contribution in [3.8, 4) is 0 Å². The maximum atomic E-state index is 10.8. The predicted molar refractivity (Wildman–Crippen MR) is 42.9 cm³/mol. The lowest BCUT2D eigenvalue weighted by Gasteiger charge is -1.87. The molecule has 0 saturated carbocycles. The van der Waals surface area contributed by atoms with Gasteiger partial charge in [-0.3, -0.25) is 14.8 Å². The minimum absolute atomic E-state index is 0.627. The van der Waals surface area contributed by atoms with E-state index in [1.165, 1.54) is 7.05 Å². The first-order valence-electron chi connectivity index (χ1n) is 2.95. The standard InChI is InChI=1S/C4H4ClN3O4S/c1-7-2-3(8(9)10)4(6-7)13(5,11)12/h2H,1H3. The molecule has 0 N–H and O–H groups in total. The fraction of sp³-hybridized carbons (Fsp3) is 0.250. The van der Waals surface area contributed by atoms with Crippen LogP contribution in [0.3, 0.4) is 0 Å². The lowest BCUT2D eigenvalue weighted by atomic mass is 10.6. The summed E-state index contributed by atoms with van der Waals surface area (Å²) in [4.78, 5) is 9.45.